The van der Waals surface area contributed by atoms with Crippen molar-refractivity contribution in [3.63, 3.8) is 0 Å². The second-order valence-electron chi connectivity index (χ2n) is 6.53. The van der Waals surface area contributed by atoms with E-state index in [1.54, 1.807) is 4.90 Å². The normalized spacial score (nSPS) is 16.8. The molecule has 1 saturated heterocycles. The van der Waals surface area contributed by atoms with Crippen molar-refractivity contribution in [2.75, 3.05) is 23.7 Å². The van der Waals surface area contributed by atoms with Crippen LogP contribution in [0.25, 0.3) is 0 Å². The second kappa shape index (κ2) is 8.36. The first-order valence-electron chi connectivity index (χ1n) is 8.71. The van der Waals surface area contributed by atoms with Crippen molar-refractivity contribution in [3.05, 3.63) is 58.6 Å². The molecule has 136 valence electrons. The van der Waals surface area contributed by atoms with Crippen molar-refractivity contribution in [1.29, 1.82) is 0 Å². The lowest BCUT2D eigenvalue weighted by molar-refractivity contribution is -0.121. The van der Waals surface area contributed by atoms with E-state index in [1.807, 2.05) is 55.5 Å². The molecule has 0 radical (unpaired) electrons. The summed E-state index contributed by atoms with van der Waals surface area (Å²) in [5.41, 5.74) is 2.60. The molecule has 0 saturated carbocycles. The van der Waals surface area contributed by atoms with E-state index < -0.39 is 0 Å². The summed E-state index contributed by atoms with van der Waals surface area (Å²) in [6, 6.07) is 14.9. The maximum atomic E-state index is 12.6. The Morgan fingerprint density at radius 1 is 1.08 bits per heavy atom. The zero-order chi connectivity index (χ0) is 18.5. The molecule has 1 fully saturated rings. The van der Waals surface area contributed by atoms with E-state index in [4.69, 9.17) is 0 Å². The Morgan fingerprint density at radius 2 is 1.85 bits per heavy atom. The predicted octanol–water partition coefficient (Wildman–Crippen LogP) is 4.64. The quantitative estimate of drug-likeness (QED) is 0.766. The number of halogens is 1. The lowest BCUT2D eigenvalue weighted by Gasteiger charge is -2.32. The van der Waals surface area contributed by atoms with Crippen molar-refractivity contribution in [3.8, 4) is 0 Å². The molecule has 5 nitrogen and oxygen atoms in total. The number of piperidine rings is 1. The van der Waals surface area contributed by atoms with E-state index >= 15 is 0 Å². The molecule has 1 atom stereocenters. The number of aryl methyl sites for hydroxylation is 1. The number of carbonyl (C=O) groups excluding carboxylic acids is 2. The molecule has 1 heterocycles. The lowest BCUT2D eigenvalue weighted by Crippen LogP contribution is -2.45. The molecule has 2 aromatic carbocycles. The molecule has 0 bridgehead atoms. The third kappa shape index (κ3) is 4.64. The highest BCUT2D eigenvalue weighted by Gasteiger charge is 2.28. The molecule has 26 heavy (non-hydrogen) atoms. The molecule has 0 unspecified atom stereocenters. The van der Waals surface area contributed by atoms with Gasteiger partial charge in [0.1, 0.15) is 0 Å². The van der Waals surface area contributed by atoms with Gasteiger partial charge in [-0.05, 0) is 55.7 Å². The minimum atomic E-state index is -0.200. The molecule has 6 heteroatoms. The van der Waals surface area contributed by atoms with Gasteiger partial charge in [0.05, 0.1) is 5.92 Å². The number of nitrogens with one attached hydrogen (secondary N) is 2. The van der Waals surface area contributed by atoms with Crippen LogP contribution in [0.2, 0.25) is 0 Å². The Labute approximate surface area is 161 Å². The summed E-state index contributed by atoms with van der Waals surface area (Å²) in [5, 5.41) is 5.86. The van der Waals surface area contributed by atoms with Gasteiger partial charge in [0.25, 0.3) is 0 Å². The number of anilines is 2. The smallest absolute Gasteiger partial charge is 0.321 e. The Balaban J connectivity index is 1.59. The fourth-order valence-corrected chi connectivity index (χ4v) is 3.31. The first kappa shape index (κ1) is 18.5. The molecule has 1 aliphatic heterocycles. The van der Waals surface area contributed by atoms with Crippen molar-refractivity contribution in [1.82, 2.24) is 4.90 Å². The Kier molecular flexibility index (Phi) is 5.93. The van der Waals surface area contributed by atoms with E-state index in [-0.39, 0.29) is 17.9 Å². The van der Waals surface area contributed by atoms with E-state index in [0.29, 0.717) is 13.1 Å². The monoisotopic (exact) mass is 415 g/mol. The summed E-state index contributed by atoms with van der Waals surface area (Å²) >= 11 is 3.46. The lowest BCUT2D eigenvalue weighted by atomic mass is 9.97. The minimum Gasteiger partial charge on any atom is -0.326 e. The van der Waals surface area contributed by atoms with E-state index in [1.165, 1.54) is 0 Å². The van der Waals surface area contributed by atoms with E-state index in [0.717, 1.165) is 34.3 Å². The van der Waals surface area contributed by atoms with Gasteiger partial charge in [0, 0.05) is 28.9 Å². The number of nitrogens with zero attached hydrogens (tertiary/aromatic N) is 1. The summed E-state index contributed by atoms with van der Waals surface area (Å²) in [5.74, 6) is -0.238. The molecule has 1 aliphatic rings. The van der Waals surface area contributed by atoms with Crippen LogP contribution in [-0.2, 0) is 4.79 Å². The zero-order valence-electron chi connectivity index (χ0n) is 14.7. The van der Waals surface area contributed by atoms with Crippen LogP contribution in [0.15, 0.2) is 53.0 Å². The Hall–Kier alpha value is -2.34. The standard InChI is InChI=1S/C20H22BrN3O2/c1-14-12-17(9-10-18(14)21)22-19(25)15-6-5-11-24(13-15)20(26)23-16-7-3-2-4-8-16/h2-4,7-10,12,15H,5-6,11,13H2,1H3,(H,22,25)(H,23,26)/t15-/m0/s1. The van der Waals surface area contributed by atoms with Gasteiger partial charge in [-0.25, -0.2) is 4.79 Å². The number of hydrogen-bond donors (Lipinski definition) is 2. The largest absolute Gasteiger partial charge is 0.326 e. The molecule has 2 N–H and O–H groups in total. The average Bonchev–Trinajstić information content (AvgIpc) is 2.65. The number of para-hydroxylation sites is 1. The fourth-order valence-electron chi connectivity index (χ4n) is 3.07. The van der Waals surface area contributed by atoms with Gasteiger partial charge in [0.15, 0.2) is 0 Å². The highest BCUT2D eigenvalue weighted by Crippen LogP contribution is 2.23. The maximum Gasteiger partial charge on any atom is 0.321 e. The second-order valence-corrected chi connectivity index (χ2v) is 7.39. The molecule has 0 aliphatic carbocycles. The van der Waals surface area contributed by atoms with Gasteiger partial charge in [0.2, 0.25) is 5.91 Å². The molecule has 2 aromatic rings. The van der Waals surface area contributed by atoms with Gasteiger partial charge < -0.3 is 15.5 Å². The summed E-state index contributed by atoms with van der Waals surface area (Å²) in [6.45, 7) is 3.08. The highest BCUT2D eigenvalue weighted by molar-refractivity contribution is 9.10. The number of carbonyl (C=O) groups is 2. The minimum absolute atomic E-state index is 0.0380. The summed E-state index contributed by atoms with van der Waals surface area (Å²) < 4.78 is 1.01. The first-order chi connectivity index (χ1) is 12.5. The molecular formula is C20H22BrN3O2. The van der Waals surface area contributed by atoms with Crippen LogP contribution in [-0.4, -0.2) is 29.9 Å². The number of hydrogen-bond acceptors (Lipinski definition) is 2. The van der Waals surface area contributed by atoms with E-state index in [9.17, 15) is 9.59 Å². The number of likely N-dealkylation sites (tertiary alicyclic amines) is 1. The number of rotatable bonds is 3. The van der Waals surface area contributed by atoms with Crippen LogP contribution in [0.3, 0.4) is 0 Å². The summed E-state index contributed by atoms with van der Waals surface area (Å²) in [4.78, 5) is 26.8. The van der Waals surface area contributed by atoms with Crippen molar-refractivity contribution in [2.45, 2.75) is 19.8 Å². The average molecular weight is 416 g/mol. The maximum absolute atomic E-state index is 12.6. The van der Waals surface area contributed by atoms with Gasteiger partial charge in [-0.1, -0.05) is 34.1 Å². The Bertz CT molecular complexity index is 795. The van der Waals surface area contributed by atoms with Crippen LogP contribution in [0, 0.1) is 12.8 Å². The molecule has 0 spiro atoms. The van der Waals surface area contributed by atoms with Crippen LogP contribution < -0.4 is 10.6 Å². The van der Waals surface area contributed by atoms with Crippen LogP contribution in [0.5, 0.6) is 0 Å². The summed E-state index contributed by atoms with van der Waals surface area (Å²) in [6.07, 6.45) is 1.61. The molecule has 0 aromatic heterocycles. The van der Waals surface area contributed by atoms with Crippen LogP contribution >= 0.6 is 15.9 Å². The predicted molar refractivity (Wildman–Crippen MR) is 107 cm³/mol. The third-order valence-electron chi connectivity index (χ3n) is 4.53. The van der Waals surface area contributed by atoms with Crippen molar-refractivity contribution >= 4 is 39.2 Å². The summed E-state index contributed by atoms with van der Waals surface area (Å²) in [7, 11) is 0. The van der Waals surface area contributed by atoms with Gasteiger partial charge in [-0.2, -0.15) is 0 Å². The van der Waals surface area contributed by atoms with Gasteiger partial charge in [-0.15, -0.1) is 0 Å². The van der Waals surface area contributed by atoms with E-state index in [2.05, 4.69) is 26.6 Å². The fraction of sp³-hybridized carbons (Fsp3) is 0.300. The zero-order valence-corrected chi connectivity index (χ0v) is 16.3. The topological polar surface area (TPSA) is 61.4 Å². The van der Waals surface area contributed by atoms with Gasteiger partial charge in [-0.3, -0.25) is 4.79 Å². The number of benzene rings is 2. The third-order valence-corrected chi connectivity index (χ3v) is 5.42. The van der Waals surface area contributed by atoms with Gasteiger partial charge >= 0.3 is 6.03 Å². The molecular weight excluding hydrogens is 394 g/mol. The van der Waals surface area contributed by atoms with Crippen LogP contribution in [0.1, 0.15) is 18.4 Å². The van der Waals surface area contributed by atoms with Crippen molar-refractivity contribution < 1.29 is 9.59 Å². The highest BCUT2D eigenvalue weighted by atomic mass is 79.9. The molecule has 3 amide bonds. The Morgan fingerprint density at radius 3 is 2.58 bits per heavy atom. The SMILES string of the molecule is Cc1cc(NC(=O)[C@H]2CCCN(C(=O)Nc3ccccc3)C2)ccc1Br. The number of urea groups is 1. The molecule has 3 rings (SSSR count). The number of amides is 3. The first-order valence-corrected chi connectivity index (χ1v) is 9.50. The van der Waals surface area contributed by atoms with Crippen molar-refractivity contribution in [2.24, 2.45) is 5.92 Å². The van der Waals surface area contributed by atoms with Crippen LogP contribution in [0.4, 0.5) is 16.2 Å².